The van der Waals surface area contributed by atoms with E-state index in [2.05, 4.69) is 11.9 Å². The summed E-state index contributed by atoms with van der Waals surface area (Å²) in [4.78, 5) is 27.3. The minimum absolute atomic E-state index is 0.0366. The fraction of sp³-hybridized carbons (Fsp3) is 0.455. The van der Waals surface area contributed by atoms with E-state index in [0.717, 1.165) is 19.5 Å². The first kappa shape index (κ1) is 9.96. The topological polar surface area (TPSA) is 53.2 Å². The number of nitrogens with zero attached hydrogens (tertiary/aromatic N) is 1. The molecule has 0 aliphatic carbocycles. The summed E-state index contributed by atoms with van der Waals surface area (Å²) in [5, 5.41) is 0. The third-order valence-electron chi connectivity index (χ3n) is 2.73. The van der Waals surface area contributed by atoms with E-state index in [0.29, 0.717) is 11.5 Å². The van der Waals surface area contributed by atoms with Crippen molar-refractivity contribution in [2.75, 3.05) is 13.1 Å². The van der Waals surface area contributed by atoms with Crippen LogP contribution in [0.5, 0.6) is 0 Å². The van der Waals surface area contributed by atoms with Gasteiger partial charge in [-0.2, -0.15) is 0 Å². The van der Waals surface area contributed by atoms with Gasteiger partial charge < -0.3 is 9.88 Å². The van der Waals surface area contributed by atoms with Crippen LogP contribution >= 0.6 is 0 Å². The van der Waals surface area contributed by atoms with Crippen LogP contribution < -0.4 is 5.56 Å². The van der Waals surface area contributed by atoms with Gasteiger partial charge in [0.1, 0.15) is 0 Å². The van der Waals surface area contributed by atoms with Crippen molar-refractivity contribution in [3.63, 3.8) is 0 Å². The number of H-pyrrole nitrogens is 1. The number of carbonyl (C=O) groups excluding carboxylic acids is 1. The second kappa shape index (κ2) is 3.88. The Morgan fingerprint density at radius 3 is 3.00 bits per heavy atom. The average molecular weight is 206 g/mol. The highest BCUT2D eigenvalue weighted by Gasteiger charge is 2.23. The molecule has 1 N–H and O–H groups in total. The number of hydrogen-bond acceptors (Lipinski definition) is 2. The Balaban J connectivity index is 2.18. The minimum atomic E-state index is -0.229. The Labute approximate surface area is 87.9 Å². The highest BCUT2D eigenvalue weighted by Crippen LogP contribution is 2.17. The maximum absolute atomic E-state index is 11.9. The van der Waals surface area contributed by atoms with Crippen LogP contribution in [-0.4, -0.2) is 28.9 Å². The fourth-order valence-electron chi connectivity index (χ4n) is 1.88. The summed E-state index contributed by atoms with van der Waals surface area (Å²) in [5.41, 5.74) is 0.251. The summed E-state index contributed by atoms with van der Waals surface area (Å²) in [5.74, 6) is 0.529. The second-order valence-corrected chi connectivity index (χ2v) is 4.09. The summed E-state index contributed by atoms with van der Waals surface area (Å²) < 4.78 is 0. The van der Waals surface area contributed by atoms with Gasteiger partial charge in [0.2, 0.25) is 5.56 Å². The molecule has 1 aromatic rings. The molecule has 2 heterocycles. The van der Waals surface area contributed by atoms with E-state index in [9.17, 15) is 9.59 Å². The second-order valence-electron chi connectivity index (χ2n) is 4.09. The van der Waals surface area contributed by atoms with Crippen molar-refractivity contribution < 1.29 is 4.79 Å². The highest BCUT2D eigenvalue weighted by molar-refractivity contribution is 5.94. The standard InChI is InChI=1S/C11H14N2O2/c1-8-3-5-13(7-8)11(15)9-2-4-12-10(14)6-9/h2,4,6,8H,3,5,7H2,1H3,(H,12,14). The summed E-state index contributed by atoms with van der Waals surface area (Å²) >= 11 is 0. The molecule has 0 spiro atoms. The zero-order chi connectivity index (χ0) is 10.8. The van der Waals surface area contributed by atoms with Crippen molar-refractivity contribution in [1.82, 2.24) is 9.88 Å². The van der Waals surface area contributed by atoms with Gasteiger partial charge >= 0.3 is 0 Å². The van der Waals surface area contributed by atoms with Gasteiger partial charge in [0.25, 0.3) is 5.91 Å². The maximum Gasteiger partial charge on any atom is 0.254 e. The van der Waals surface area contributed by atoms with Crippen LogP contribution in [0.2, 0.25) is 0 Å². The Morgan fingerprint density at radius 2 is 2.40 bits per heavy atom. The number of rotatable bonds is 1. The number of pyridine rings is 1. The van der Waals surface area contributed by atoms with Gasteiger partial charge in [-0.05, 0) is 18.4 Å². The molecule has 1 unspecified atom stereocenters. The van der Waals surface area contributed by atoms with Crippen molar-refractivity contribution in [3.05, 3.63) is 34.2 Å². The van der Waals surface area contributed by atoms with Gasteiger partial charge in [0.15, 0.2) is 0 Å². The van der Waals surface area contributed by atoms with Crippen LogP contribution in [-0.2, 0) is 0 Å². The molecule has 1 fully saturated rings. The van der Waals surface area contributed by atoms with Crippen LogP contribution in [0.3, 0.4) is 0 Å². The molecule has 80 valence electrons. The first-order valence-corrected chi connectivity index (χ1v) is 5.15. The van der Waals surface area contributed by atoms with Crippen molar-refractivity contribution >= 4 is 5.91 Å². The fourth-order valence-corrected chi connectivity index (χ4v) is 1.88. The van der Waals surface area contributed by atoms with E-state index in [4.69, 9.17) is 0 Å². The lowest BCUT2D eigenvalue weighted by Gasteiger charge is -2.15. The molecule has 4 nitrogen and oxygen atoms in total. The quantitative estimate of drug-likeness (QED) is 0.740. The molecule has 1 atom stereocenters. The highest BCUT2D eigenvalue weighted by atomic mass is 16.2. The smallest absolute Gasteiger partial charge is 0.254 e. The molecule has 0 aromatic carbocycles. The normalized spacial score (nSPS) is 20.6. The molecule has 1 aliphatic heterocycles. The summed E-state index contributed by atoms with van der Waals surface area (Å²) in [7, 11) is 0. The molecule has 2 rings (SSSR count). The Kier molecular flexibility index (Phi) is 2.58. The first-order valence-electron chi connectivity index (χ1n) is 5.15. The van der Waals surface area contributed by atoms with Gasteiger partial charge in [0.05, 0.1) is 0 Å². The largest absolute Gasteiger partial charge is 0.338 e. The van der Waals surface area contributed by atoms with E-state index < -0.39 is 0 Å². The lowest BCUT2D eigenvalue weighted by molar-refractivity contribution is 0.0788. The number of carbonyl (C=O) groups is 1. The number of aromatic nitrogens is 1. The van der Waals surface area contributed by atoms with Crippen LogP contribution in [0.15, 0.2) is 23.1 Å². The number of likely N-dealkylation sites (tertiary alicyclic amines) is 1. The van der Waals surface area contributed by atoms with Gasteiger partial charge in [-0.1, -0.05) is 6.92 Å². The zero-order valence-corrected chi connectivity index (χ0v) is 8.69. The molecule has 0 saturated carbocycles. The van der Waals surface area contributed by atoms with Crippen molar-refractivity contribution in [1.29, 1.82) is 0 Å². The molecule has 1 aliphatic rings. The number of amides is 1. The number of aromatic amines is 1. The third-order valence-corrected chi connectivity index (χ3v) is 2.73. The Bertz CT molecular complexity index is 425. The monoisotopic (exact) mass is 206 g/mol. The lowest BCUT2D eigenvalue weighted by atomic mass is 10.2. The van der Waals surface area contributed by atoms with Gasteiger partial charge in [0, 0.05) is 30.9 Å². The zero-order valence-electron chi connectivity index (χ0n) is 8.69. The first-order chi connectivity index (χ1) is 7.16. The number of nitrogens with one attached hydrogen (secondary N) is 1. The van der Waals surface area contributed by atoms with Crippen molar-refractivity contribution in [3.8, 4) is 0 Å². The Morgan fingerprint density at radius 1 is 1.60 bits per heavy atom. The van der Waals surface area contributed by atoms with Crippen LogP contribution in [0.1, 0.15) is 23.7 Å². The van der Waals surface area contributed by atoms with Gasteiger partial charge in [-0.15, -0.1) is 0 Å². The summed E-state index contributed by atoms with van der Waals surface area (Å²) in [6, 6.07) is 3.00. The van der Waals surface area contributed by atoms with E-state index in [1.165, 1.54) is 12.3 Å². The van der Waals surface area contributed by atoms with Crippen LogP contribution in [0.25, 0.3) is 0 Å². The van der Waals surface area contributed by atoms with Crippen molar-refractivity contribution in [2.24, 2.45) is 5.92 Å². The van der Waals surface area contributed by atoms with Gasteiger partial charge in [-0.3, -0.25) is 9.59 Å². The summed E-state index contributed by atoms with van der Waals surface area (Å²) in [6.45, 7) is 3.73. The van der Waals surface area contributed by atoms with Crippen molar-refractivity contribution in [2.45, 2.75) is 13.3 Å². The molecular formula is C11H14N2O2. The van der Waals surface area contributed by atoms with E-state index >= 15 is 0 Å². The van der Waals surface area contributed by atoms with Crippen LogP contribution in [0.4, 0.5) is 0 Å². The third kappa shape index (κ3) is 2.09. The SMILES string of the molecule is CC1CCN(C(=O)c2cc[nH]c(=O)c2)C1. The molecule has 1 aromatic heterocycles. The molecule has 0 bridgehead atoms. The Hall–Kier alpha value is -1.58. The molecule has 1 amide bonds. The molecule has 0 radical (unpaired) electrons. The summed E-state index contributed by atoms with van der Waals surface area (Å²) in [6.07, 6.45) is 2.56. The predicted octanol–water partition coefficient (Wildman–Crippen LogP) is 0.857. The van der Waals surface area contributed by atoms with Gasteiger partial charge in [-0.25, -0.2) is 0 Å². The molecule has 15 heavy (non-hydrogen) atoms. The maximum atomic E-state index is 11.9. The van der Waals surface area contributed by atoms with E-state index in [1.807, 2.05) is 0 Å². The number of hydrogen-bond donors (Lipinski definition) is 1. The average Bonchev–Trinajstić information content (AvgIpc) is 2.64. The molecule has 1 saturated heterocycles. The predicted molar refractivity (Wildman–Crippen MR) is 56.7 cm³/mol. The minimum Gasteiger partial charge on any atom is -0.338 e. The van der Waals surface area contributed by atoms with E-state index in [-0.39, 0.29) is 11.5 Å². The molecular weight excluding hydrogens is 192 g/mol. The van der Waals surface area contributed by atoms with E-state index in [1.54, 1.807) is 11.0 Å². The van der Waals surface area contributed by atoms with Crippen LogP contribution in [0, 0.1) is 5.92 Å². The molecule has 4 heteroatoms. The lowest BCUT2D eigenvalue weighted by Crippen LogP contribution is -2.29.